The standard InChI is InChI=1S/C23H22O4/c1-17-20(14-24)13-21(25-2)23(27-16-19-11-7-4-8-12-19)22(17)26-15-18-9-5-3-6-10-18/h3-14H,15-16H2,1-2H3. The lowest BCUT2D eigenvalue weighted by atomic mass is 10.1. The van der Waals surface area contributed by atoms with Gasteiger partial charge in [-0.3, -0.25) is 4.79 Å². The number of methoxy groups -OCH3 is 1. The smallest absolute Gasteiger partial charge is 0.204 e. The monoisotopic (exact) mass is 362 g/mol. The molecule has 3 rings (SSSR count). The number of aldehydes is 1. The van der Waals surface area contributed by atoms with Gasteiger partial charge in [-0.15, -0.1) is 0 Å². The van der Waals surface area contributed by atoms with Crippen molar-refractivity contribution in [1.82, 2.24) is 0 Å². The van der Waals surface area contributed by atoms with E-state index in [1.165, 1.54) is 0 Å². The van der Waals surface area contributed by atoms with E-state index in [-0.39, 0.29) is 0 Å². The second kappa shape index (κ2) is 8.90. The van der Waals surface area contributed by atoms with Crippen LogP contribution in [0, 0.1) is 6.92 Å². The van der Waals surface area contributed by atoms with Crippen LogP contribution < -0.4 is 14.2 Å². The molecule has 0 aliphatic heterocycles. The molecule has 0 saturated carbocycles. The van der Waals surface area contributed by atoms with Gasteiger partial charge in [0.25, 0.3) is 0 Å². The van der Waals surface area contributed by atoms with Crippen LogP contribution in [0.2, 0.25) is 0 Å². The fourth-order valence-electron chi connectivity index (χ4n) is 2.77. The van der Waals surface area contributed by atoms with E-state index in [4.69, 9.17) is 14.2 Å². The number of carbonyl (C=O) groups excluding carboxylic acids is 1. The molecule has 0 amide bonds. The molecule has 0 saturated heterocycles. The number of hydrogen-bond acceptors (Lipinski definition) is 4. The Bertz CT molecular complexity index is 889. The van der Waals surface area contributed by atoms with Crippen LogP contribution in [-0.2, 0) is 13.2 Å². The second-order valence-electron chi connectivity index (χ2n) is 6.12. The predicted molar refractivity (Wildman–Crippen MR) is 105 cm³/mol. The minimum Gasteiger partial charge on any atom is -0.493 e. The summed E-state index contributed by atoms with van der Waals surface area (Å²) in [4.78, 5) is 11.5. The molecule has 138 valence electrons. The first-order chi connectivity index (χ1) is 13.2. The zero-order valence-electron chi connectivity index (χ0n) is 15.5. The molecule has 0 atom stereocenters. The molecular formula is C23H22O4. The van der Waals surface area contributed by atoms with Gasteiger partial charge in [0, 0.05) is 11.1 Å². The Hall–Kier alpha value is -3.27. The Morgan fingerprint density at radius 1 is 0.815 bits per heavy atom. The van der Waals surface area contributed by atoms with E-state index >= 15 is 0 Å². The third-order valence-electron chi connectivity index (χ3n) is 4.29. The second-order valence-corrected chi connectivity index (χ2v) is 6.12. The van der Waals surface area contributed by atoms with Crippen molar-refractivity contribution in [3.05, 3.63) is 89.0 Å². The van der Waals surface area contributed by atoms with Gasteiger partial charge >= 0.3 is 0 Å². The Morgan fingerprint density at radius 2 is 1.33 bits per heavy atom. The Morgan fingerprint density at radius 3 is 1.81 bits per heavy atom. The highest BCUT2D eigenvalue weighted by molar-refractivity contribution is 5.81. The largest absolute Gasteiger partial charge is 0.493 e. The van der Waals surface area contributed by atoms with E-state index < -0.39 is 0 Å². The van der Waals surface area contributed by atoms with Crippen molar-refractivity contribution in [3.63, 3.8) is 0 Å². The average Bonchev–Trinajstić information content (AvgIpc) is 2.73. The van der Waals surface area contributed by atoms with Crippen LogP contribution in [0.4, 0.5) is 0 Å². The lowest BCUT2D eigenvalue weighted by Crippen LogP contribution is -2.05. The van der Waals surface area contributed by atoms with Gasteiger partial charge in [0.1, 0.15) is 13.2 Å². The van der Waals surface area contributed by atoms with Crippen molar-refractivity contribution < 1.29 is 19.0 Å². The van der Waals surface area contributed by atoms with Gasteiger partial charge in [0.05, 0.1) is 7.11 Å². The molecule has 0 radical (unpaired) electrons. The normalized spacial score (nSPS) is 10.3. The quantitative estimate of drug-likeness (QED) is 0.531. The van der Waals surface area contributed by atoms with Crippen LogP contribution in [0.5, 0.6) is 17.2 Å². The molecule has 0 bridgehead atoms. The van der Waals surface area contributed by atoms with E-state index in [0.717, 1.165) is 23.0 Å². The SMILES string of the molecule is COc1cc(C=O)c(C)c(OCc2ccccc2)c1OCc1ccccc1. The molecule has 0 aromatic heterocycles. The van der Waals surface area contributed by atoms with E-state index in [1.807, 2.05) is 67.6 Å². The summed E-state index contributed by atoms with van der Waals surface area (Å²) in [6, 6.07) is 21.4. The van der Waals surface area contributed by atoms with Crippen LogP contribution in [0.25, 0.3) is 0 Å². The lowest BCUT2D eigenvalue weighted by Gasteiger charge is -2.19. The topological polar surface area (TPSA) is 44.8 Å². The molecule has 27 heavy (non-hydrogen) atoms. The number of benzene rings is 3. The van der Waals surface area contributed by atoms with Gasteiger partial charge in [-0.25, -0.2) is 0 Å². The highest BCUT2D eigenvalue weighted by Gasteiger charge is 2.19. The minimum atomic E-state index is 0.370. The van der Waals surface area contributed by atoms with Crippen molar-refractivity contribution in [2.75, 3.05) is 7.11 Å². The summed E-state index contributed by atoms with van der Waals surface area (Å²) in [6.45, 7) is 2.59. The molecule has 4 nitrogen and oxygen atoms in total. The average molecular weight is 362 g/mol. The maximum Gasteiger partial charge on any atom is 0.204 e. The summed E-state index contributed by atoms with van der Waals surface area (Å²) in [5.41, 5.74) is 3.30. The highest BCUT2D eigenvalue weighted by atomic mass is 16.5. The summed E-state index contributed by atoms with van der Waals surface area (Å²) < 4.78 is 17.6. The summed E-state index contributed by atoms with van der Waals surface area (Å²) >= 11 is 0. The van der Waals surface area contributed by atoms with E-state index in [1.54, 1.807) is 13.2 Å². The first-order valence-corrected chi connectivity index (χ1v) is 8.73. The molecule has 4 heteroatoms. The molecule has 0 unspecified atom stereocenters. The molecular weight excluding hydrogens is 340 g/mol. The molecule has 3 aromatic rings. The summed E-state index contributed by atoms with van der Waals surface area (Å²) in [7, 11) is 1.55. The number of hydrogen-bond donors (Lipinski definition) is 0. The van der Waals surface area contributed by atoms with Gasteiger partial charge < -0.3 is 14.2 Å². The van der Waals surface area contributed by atoms with Gasteiger partial charge in [-0.05, 0) is 24.1 Å². The summed E-state index contributed by atoms with van der Waals surface area (Å²) in [5.74, 6) is 1.50. The minimum absolute atomic E-state index is 0.370. The third kappa shape index (κ3) is 4.47. The summed E-state index contributed by atoms with van der Waals surface area (Å²) in [5, 5.41) is 0. The fourth-order valence-corrected chi connectivity index (χ4v) is 2.77. The van der Waals surface area contributed by atoms with Crippen LogP contribution in [0.3, 0.4) is 0 Å². The van der Waals surface area contributed by atoms with Crippen molar-refractivity contribution in [1.29, 1.82) is 0 Å². The Balaban J connectivity index is 1.92. The van der Waals surface area contributed by atoms with Crippen LogP contribution >= 0.6 is 0 Å². The summed E-state index contributed by atoms with van der Waals surface area (Å²) in [6.07, 6.45) is 0.800. The maximum atomic E-state index is 11.5. The van der Waals surface area contributed by atoms with Gasteiger partial charge in [-0.1, -0.05) is 60.7 Å². The van der Waals surface area contributed by atoms with Crippen molar-refractivity contribution in [2.24, 2.45) is 0 Å². The number of ether oxygens (including phenoxy) is 3. The molecule has 0 spiro atoms. The van der Waals surface area contributed by atoms with Crippen LogP contribution in [0.1, 0.15) is 27.0 Å². The van der Waals surface area contributed by atoms with Crippen molar-refractivity contribution >= 4 is 6.29 Å². The van der Waals surface area contributed by atoms with Gasteiger partial charge in [-0.2, -0.15) is 0 Å². The number of rotatable bonds is 8. The van der Waals surface area contributed by atoms with Crippen molar-refractivity contribution in [2.45, 2.75) is 20.1 Å². The van der Waals surface area contributed by atoms with E-state index in [2.05, 4.69) is 0 Å². The first kappa shape index (κ1) is 18.5. The predicted octanol–water partition coefficient (Wildman–Crippen LogP) is 4.97. The molecule has 0 aliphatic rings. The number of carbonyl (C=O) groups is 1. The van der Waals surface area contributed by atoms with E-state index in [0.29, 0.717) is 36.0 Å². The first-order valence-electron chi connectivity index (χ1n) is 8.73. The highest BCUT2D eigenvalue weighted by Crippen LogP contribution is 2.42. The van der Waals surface area contributed by atoms with Gasteiger partial charge in [0.2, 0.25) is 5.75 Å². The molecule has 0 aliphatic carbocycles. The fraction of sp³-hybridized carbons (Fsp3) is 0.174. The van der Waals surface area contributed by atoms with E-state index in [9.17, 15) is 4.79 Å². The maximum absolute atomic E-state index is 11.5. The van der Waals surface area contributed by atoms with Crippen LogP contribution in [0.15, 0.2) is 66.7 Å². The Kier molecular flexibility index (Phi) is 6.10. The molecule has 0 fully saturated rings. The zero-order chi connectivity index (χ0) is 19.1. The molecule has 0 N–H and O–H groups in total. The zero-order valence-corrected chi connectivity index (χ0v) is 15.5. The Labute approximate surface area is 159 Å². The molecule has 3 aromatic carbocycles. The van der Waals surface area contributed by atoms with Gasteiger partial charge in [0.15, 0.2) is 17.8 Å². The third-order valence-corrected chi connectivity index (χ3v) is 4.29. The lowest BCUT2D eigenvalue weighted by molar-refractivity contribution is 0.112. The van der Waals surface area contributed by atoms with Crippen molar-refractivity contribution in [3.8, 4) is 17.2 Å². The van der Waals surface area contributed by atoms with Crippen LogP contribution in [-0.4, -0.2) is 13.4 Å². The molecule has 0 heterocycles.